The van der Waals surface area contributed by atoms with Crippen LogP contribution in [-0.4, -0.2) is 41.1 Å². The summed E-state index contributed by atoms with van der Waals surface area (Å²) in [5.41, 5.74) is 0. The molecule has 2 amide bonds. The van der Waals surface area contributed by atoms with Gasteiger partial charge in [-0.2, -0.15) is 0 Å². The molecule has 0 radical (unpaired) electrons. The van der Waals surface area contributed by atoms with E-state index in [1.54, 1.807) is 16.2 Å². The minimum absolute atomic E-state index is 0.00178. The van der Waals surface area contributed by atoms with Gasteiger partial charge in [0.2, 0.25) is 0 Å². The second-order valence-electron chi connectivity index (χ2n) is 4.76. The van der Waals surface area contributed by atoms with Crippen LogP contribution >= 0.6 is 27.3 Å². The van der Waals surface area contributed by atoms with E-state index >= 15 is 0 Å². The molecule has 1 heterocycles. The minimum Gasteiger partial charge on any atom is -0.481 e. The van der Waals surface area contributed by atoms with Gasteiger partial charge in [0, 0.05) is 24.0 Å². The van der Waals surface area contributed by atoms with Gasteiger partial charge in [0.1, 0.15) is 0 Å². The van der Waals surface area contributed by atoms with E-state index in [-0.39, 0.29) is 25.0 Å². The average molecular weight is 361 g/mol. The lowest BCUT2D eigenvalue weighted by atomic mass is 10.3. The highest BCUT2D eigenvalue weighted by Crippen LogP contribution is 2.27. The van der Waals surface area contributed by atoms with Crippen LogP contribution in [0, 0.1) is 0 Å². The smallest absolute Gasteiger partial charge is 0.317 e. The van der Waals surface area contributed by atoms with Gasteiger partial charge in [-0.15, -0.1) is 11.3 Å². The van der Waals surface area contributed by atoms with Crippen LogP contribution in [0.1, 0.15) is 24.1 Å². The third-order valence-electron chi connectivity index (χ3n) is 3.09. The zero-order valence-electron chi connectivity index (χ0n) is 11.0. The predicted molar refractivity (Wildman–Crippen MR) is 81.1 cm³/mol. The highest BCUT2D eigenvalue weighted by atomic mass is 79.9. The van der Waals surface area contributed by atoms with Crippen molar-refractivity contribution in [2.45, 2.75) is 31.7 Å². The molecule has 1 aliphatic carbocycles. The zero-order valence-corrected chi connectivity index (χ0v) is 13.4. The molecule has 5 nitrogen and oxygen atoms in total. The SMILES string of the molecule is O=C(O)CCN(C(=O)NCCc1ccc(Br)s1)C1CC1. The van der Waals surface area contributed by atoms with Gasteiger partial charge < -0.3 is 15.3 Å². The van der Waals surface area contributed by atoms with Crippen molar-refractivity contribution in [3.05, 3.63) is 20.8 Å². The van der Waals surface area contributed by atoms with E-state index in [0.29, 0.717) is 6.54 Å². The van der Waals surface area contributed by atoms with E-state index in [2.05, 4.69) is 21.2 Å². The Hall–Kier alpha value is -1.08. The molecular weight excluding hydrogens is 344 g/mol. The monoisotopic (exact) mass is 360 g/mol. The second kappa shape index (κ2) is 7.08. The number of thiophene rings is 1. The third kappa shape index (κ3) is 4.79. The Morgan fingerprint density at radius 1 is 1.45 bits per heavy atom. The molecule has 1 aliphatic rings. The van der Waals surface area contributed by atoms with Gasteiger partial charge in [-0.1, -0.05) is 0 Å². The van der Waals surface area contributed by atoms with Gasteiger partial charge in [0.25, 0.3) is 0 Å². The van der Waals surface area contributed by atoms with Crippen molar-refractivity contribution in [1.82, 2.24) is 10.2 Å². The predicted octanol–water partition coefficient (Wildman–Crippen LogP) is 2.70. The van der Waals surface area contributed by atoms with E-state index in [0.717, 1.165) is 23.0 Å². The summed E-state index contributed by atoms with van der Waals surface area (Å²) in [6.07, 6.45) is 2.75. The zero-order chi connectivity index (χ0) is 14.5. The molecule has 7 heteroatoms. The number of aliphatic carboxylic acids is 1. The number of carboxylic acids is 1. The van der Waals surface area contributed by atoms with Crippen LogP contribution in [0.15, 0.2) is 15.9 Å². The lowest BCUT2D eigenvalue weighted by molar-refractivity contribution is -0.137. The largest absolute Gasteiger partial charge is 0.481 e. The van der Waals surface area contributed by atoms with Crippen LogP contribution in [0.2, 0.25) is 0 Å². The van der Waals surface area contributed by atoms with Gasteiger partial charge >= 0.3 is 12.0 Å². The first-order chi connectivity index (χ1) is 9.56. The topological polar surface area (TPSA) is 69.6 Å². The molecule has 2 N–H and O–H groups in total. The molecule has 110 valence electrons. The Bertz CT molecular complexity index is 488. The van der Waals surface area contributed by atoms with Gasteiger partial charge in [-0.3, -0.25) is 4.79 Å². The highest BCUT2D eigenvalue weighted by Gasteiger charge is 2.32. The molecule has 1 aromatic rings. The second-order valence-corrected chi connectivity index (χ2v) is 7.30. The summed E-state index contributed by atoms with van der Waals surface area (Å²) in [6.45, 7) is 0.860. The first-order valence-corrected chi connectivity index (χ1v) is 8.17. The molecule has 0 atom stereocenters. The Balaban J connectivity index is 1.75. The van der Waals surface area contributed by atoms with E-state index in [1.165, 1.54) is 4.88 Å². The standard InChI is InChI=1S/C13H17BrN2O3S/c14-11-4-3-10(20-11)5-7-15-13(19)16(9-1-2-9)8-6-12(17)18/h3-4,9H,1-2,5-8H2,(H,15,19)(H,17,18). The number of carbonyl (C=O) groups excluding carboxylic acids is 1. The summed E-state index contributed by atoms with van der Waals surface area (Å²) in [5, 5.41) is 11.6. The maximum Gasteiger partial charge on any atom is 0.317 e. The number of urea groups is 1. The molecular formula is C13H17BrN2O3S. The molecule has 1 saturated carbocycles. The quantitative estimate of drug-likeness (QED) is 0.785. The molecule has 1 fully saturated rings. The fraction of sp³-hybridized carbons (Fsp3) is 0.538. The van der Waals surface area contributed by atoms with Crippen molar-refractivity contribution in [3.63, 3.8) is 0 Å². The average Bonchev–Trinajstić information content (AvgIpc) is 3.13. The van der Waals surface area contributed by atoms with E-state index < -0.39 is 5.97 Å². The summed E-state index contributed by atoms with van der Waals surface area (Å²) in [6, 6.07) is 4.10. The lowest BCUT2D eigenvalue weighted by Gasteiger charge is -2.22. The van der Waals surface area contributed by atoms with Crippen molar-refractivity contribution < 1.29 is 14.7 Å². The Morgan fingerprint density at radius 2 is 2.20 bits per heavy atom. The molecule has 0 aliphatic heterocycles. The lowest BCUT2D eigenvalue weighted by Crippen LogP contribution is -2.43. The number of amides is 2. The molecule has 0 bridgehead atoms. The normalized spacial score (nSPS) is 14.1. The Morgan fingerprint density at radius 3 is 2.75 bits per heavy atom. The molecule has 2 rings (SSSR count). The Labute approximate surface area is 130 Å². The highest BCUT2D eigenvalue weighted by molar-refractivity contribution is 9.11. The first kappa shape index (κ1) is 15.3. The van der Waals surface area contributed by atoms with Crippen LogP contribution < -0.4 is 5.32 Å². The first-order valence-electron chi connectivity index (χ1n) is 6.56. The third-order valence-corrected chi connectivity index (χ3v) is 4.77. The van der Waals surface area contributed by atoms with Crippen LogP contribution in [0.25, 0.3) is 0 Å². The number of rotatable bonds is 7. The van der Waals surface area contributed by atoms with Gasteiger partial charge in [0.05, 0.1) is 10.2 Å². The maximum absolute atomic E-state index is 12.0. The van der Waals surface area contributed by atoms with Crippen molar-refractivity contribution in [2.75, 3.05) is 13.1 Å². The number of nitrogens with one attached hydrogen (secondary N) is 1. The number of hydrogen-bond donors (Lipinski definition) is 2. The molecule has 0 saturated heterocycles. The van der Waals surface area contributed by atoms with Crippen molar-refractivity contribution >= 4 is 39.3 Å². The molecule has 0 aromatic carbocycles. The van der Waals surface area contributed by atoms with Crippen LogP contribution in [0.4, 0.5) is 4.79 Å². The summed E-state index contributed by atoms with van der Waals surface area (Å²) >= 11 is 5.06. The molecule has 0 unspecified atom stereocenters. The fourth-order valence-corrected chi connectivity index (χ4v) is 3.42. The van der Waals surface area contributed by atoms with Gasteiger partial charge in [-0.05, 0) is 47.3 Å². The van der Waals surface area contributed by atoms with Gasteiger partial charge in [-0.25, -0.2) is 4.79 Å². The number of nitrogens with zero attached hydrogens (tertiary/aromatic N) is 1. The van der Waals surface area contributed by atoms with Crippen molar-refractivity contribution in [3.8, 4) is 0 Å². The van der Waals surface area contributed by atoms with E-state index in [1.807, 2.05) is 12.1 Å². The fourth-order valence-electron chi connectivity index (χ4n) is 1.93. The summed E-state index contributed by atoms with van der Waals surface area (Å²) < 4.78 is 1.08. The van der Waals surface area contributed by atoms with Crippen molar-refractivity contribution in [2.24, 2.45) is 0 Å². The number of hydrogen-bond acceptors (Lipinski definition) is 3. The molecule has 0 spiro atoms. The van der Waals surface area contributed by atoms with E-state index in [9.17, 15) is 9.59 Å². The molecule has 20 heavy (non-hydrogen) atoms. The van der Waals surface area contributed by atoms with Gasteiger partial charge in [0.15, 0.2) is 0 Å². The van der Waals surface area contributed by atoms with Crippen LogP contribution in [0.3, 0.4) is 0 Å². The Kier molecular flexibility index (Phi) is 5.42. The van der Waals surface area contributed by atoms with E-state index in [4.69, 9.17) is 5.11 Å². The van der Waals surface area contributed by atoms with Crippen LogP contribution in [-0.2, 0) is 11.2 Å². The number of halogens is 1. The summed E-state index contributed by atoms with van der Waals surface area (Å²) in [7, 11) is 0. The maximum atomic E-state index is 12.0. The van der Waals surface area contributed by atoms with Crippen LogP contribution in [0.5, 0.6) is 0 Å². The number of carboxylic acid groups (broad SMARTS) is 1. The summed E-state index contributed by atoms with van der Waals surface area (Å²) in [4.78, 5) is 25.5. The minimum atomic E-state index is -0.869. The molecule has 1 aromatic heterocycles. The number of carbonyl (C=O) groups is 2. The summed E-state index contributed by atoms with van der Waals surface area (Å²) in [5.74, 6) is -0.869. The van der Waals surface area contributed by atoms with Crippen molar-refractivity contribution in [1.29, 1.82) is 0 Å².